The highest BCUT2D eigenvalue weighted by Gasteiger charge is 2.26. The van der Waals surface area contributed by atoms with Crippen molar-refractivity contribution in [1.29, 1.82) is 0 Å². The van der Waals surface area contributed by atoms with Crippen molar-refractivity contribution in [1.82, 2.24) is 35.7 Å². The van der Waals surface area contributed by atoms with Crippen molar-refractivity contribution in [3.8, 4) is 11.1 Å². The quantitative estimate of drug-likeness (QED) is 0.262. The van der Waals surface area contributed by atoms with Crippen molar-refractivity contribution < 1.29 is 18.7 Å². The molecule has 0 aliphatic rings. The van der Waals surface area contributed by atoms with Gasteiger partial charge in [0.05, 0.1) is 24.9 Å². The standard InChI is InChI=1S/C26H27ClFN7O3/c1-2-38-26(37)19(9-11-35-12-10-29-34-35)14-21(31-25(36)24-16-30-33-32-24)13-17-3-5-18(6-4-17)22-15-20(27)7-8-23(22)28/h3-8,10,12,15-16,19,21H,2,9,11,13-14H2,1H3,(H,31,36)(H,30,32,33)/t19-,21-/m1/s1. The Morgan fingerprint density at radius 3 is 2.68 bits per heavy atom. The Kier molecular flexibility index (Phi) is 9.15. The van der Waals surface area contributed by atoms with Crippen LogP contribution in [0.2, 0.25) is 5.02 Å². The minimum atomic E-state index is -0.496. The van der Waals surface area contributed by atoms with Gasteiger partial charge >= 0.3 is 5.97 Å². The predicted octanol–water partition coefficient (Wildman–Crippen LogP) is 3.86. The number of rotatable bonds is 12. The third kappa shape index (κ3) is 7.22. The Balaban J connectivity index is 1.53. The molecule has 2 atom stereocenters. The molecule has 1 amide bonds. The van der Waals surface area contributed by atoms with Crippen LogP contribution >= 0.6 is 11.6 Å². The van der Waals surface area contributed by atoms with E-state index in [0.717, 1.165) is 5.56 Å². The molecule has 0 fully saturated rings. The number of hydrogen-bond acceptors (Lipinski definition) is 7. The molecule has 2 aromatic carbocycles. The van der Waals surface area contributed by atoms with Crippen LogP contribution in [0.3, 0.4) is 0 Å². The molecule has 2 heterocycles. The summed E-state index contributed by atoms with van der Waals surface area (Å²) < 4.78 is 21.3. The first kappa shape index (κ1) is 26.9. The zero-order valence-corrected chi connectivity index (χ0v) is 21.4. The van der Waals surface area contributed by atoms with Crippen LogP contribution in [0.5, 0.6) is 0 Å². The smallest absolute Gasteiger partial charge is 0.309 e. The summed E-state index contributed by atoms with van der Waals surface area (Å²) in [7, 11) is 0. The van der Waals surface area contributed by atoms with E-state index in [-0.39, 0.29) is 24.1 Å². The number of esters is 1. The lowest BCUT2D eigenvalue weighted by Crippen LogP contribution is -2.39. The van der Waals surface area contributed by atoms with Crippen molar-refractivity contribution >= 4 is 23.5 Å². The second kappa shape index (κ2) is 12.9. The van der Waals surface area contributed by atoms with E-state index in [0.29, 0.717) is 42.0 Å². The number of aromatic nitrogens is 6. The van der Waals surface area contributed by atoms with E-state index in [1.807, 2.05) is 12.1 Å². The predicted molar refractivity (Wildman–Crippen MR) is 138 cm³/mol. The van der Waals surface area contributed by atoms with Gasteiger partial charge in [0.15, 0.2) is 0 Å². The molecule has 198 valence electrons. The van der Waals surface area contributed by atoms with Gasteiger partial charge < -0.3 is 10.1 Å². The number of nitrogens with zero attached hydrogens (tertiary/aromatic N) is 5. The highest BCUT2D eigenvalue weighted by atomic mass is 35.5. The number of halogens is 2. The molecule has 0 bridgehead atoms. The molecule has 4 aromatic rings. The van der Waals surface area contributed by atoms with Crippen molar-refractivity contribution in [2.45, 2.75) is 38.8 Å². The number of carbonyl (C=O) groups excluding carboxylic acids is 2. The molecular weight excluding hydrogens is 513 g/mol. The van der Waals surface area contributed by atoms with E-state index in [9.17, 15) is 14.0 Å². The Bertz CT molecular complexity index is 1330. The third-order valence-electron chi connectivity index (χ3n) is 6.04. The highest BCUT2D eigenvalue weighted by Crippen LogP contribution is 2.27. The summed E-state index contributed by atoms with van der Waals surface area (Å²) in [5, 5.41) is 21.0. The Morgan fingerprint density at radius 1 is 1.18 bits per heavy atom. The topological polar surface area (TPSA) is 128 Å². The van der Waals surface area contributed by atoms with Crippen LogP contribution in [-0.4, -0.2) is 54.9 Å². The minimum absolute atomic E-state index is 0.206. The second-order valence-electron chi connectivity index (χ2n) is 8.71. The summed E-state index contributed by atoms with van der Waals surface area (Å²) in [5.41, 5.74) is 2.17. The van der Waals surface area contributed by atoms with Gasteiger partial charge in [-0.15, -0.1) is 10.2 Å². The fraction of sp³-hybridized carbons (Fsp3) is 0.308. The number of benzene rings is 2. The maximum atomic E-state index is 14.3. The SMILES string of the molecule is CCOC(=O)[C@H](CCn1ccnn1)C[C@@H](Cc1ccc(-c2cc(Cl)ccc2F)cc1)NC(=O)c1cnn[nH]1. The van der Waals surface area contributed by atoms with Crippen molar-refractivity contribution in [2.75, 3.05) is 6.61 Å². The molecule has 38 heavy (non-hydrogen) atoms. The van der Waals surface area contributed by atoms with Gasteiger partial charge in [-0.2, -0.15) is 0 Å². The number of H-pyrrole nitrogens is 1. The summed E-state index contributed by atoms with van der Waals surface area (Å²) in [6, 6.07) is 11.3. The Hall–Kier alpha value is -4.12. The lowest BCUT2D eigenvalue weighted by atomic mass is 9.91. The number of aromatic amines is 1. The molecule has 4 rings (SSSR count). The first-order valence-corrected chi connectivity index (χ1v) is 12.5. The number of ether oxygens (including phenoxy) is 1. The van der Waals surface area contributed by atoms with E-state index < -0.39 is 17.9 Å². The van der Waals surface area contributed by atoms with Gasteiger partial charge in [0.2, 0.25) is 0 Å². The lowest BCUT2D eigenvalue weighted by molar-refractivity contribution is -0.148. The molecule has 0 saturated carbocycles. The molecule has 2 aromatic heterocycles. The van der Waals surface area contributed by atoms with Crippen LogP contribution in [0.25, 0.3) is 11.1 Å². The lowest BCUT2D eigenvalue weighted by Gasteiger charge is -2.24. The molecule has 0 spiro atoms. The van der Waals surface area contributed by atoms with Crippen LogP contribution in [0.1, 0.15) is 35.8 Å². The zero-order chi connectivity index (χ0) is 26.9. The minimum Gasteiger partial charge on any atom is -0.466 e. The molecule has 12 heteroatoms. The fourth-order valence-corrected chi connectivity index (χ4v) is 4.34. The summed E-state index contributed by atoms with van der Waals surface area (Å²) in [5.74, 6) is -1.60. The normalized spacial score (nSPS) is 12.6. The van der Waals surface area contributed by atoms with Crippen molar-refractivity contribution in [2.24, 2.45) is 5.92 Å². The summed E-state index contributed by atoms with van der Waals surface area (Å²) in [6.07, 6.45) is 5.81. The molecule has 10 nitrogen and oxygen atoms in total. The molecule has 0 unspecified atom stereocenters. The maximum Gasteiger partial charge on any atom is 0.309 e. The Morgan fingerprint density at radius 2 is 2.00 bits per heavy atom. The van der Waals surface area contributed by atoms with Gasteiger partial charge in [0.1, 0.15) is 11.5 Å². The molecule has 2 N–H and O–H groups in total. The summed E-state index contributed by atoms with van der Waals surface area (Å²) in [6.45, 7) is 2.46. The van der Waals surface area contributed by atoms with E-state index in [2.05, 4.69) is 31.0 Å². The van der Waals surface area contributed by atoms with Crippen molar-refractivity contribution in [3.63, 3.8) is 0 Å². The van der Waals surface area contributed by atoms with Crippen LogP contribution in [-0.2, 0) is 22.5 Å². The highest BCUT2D eigenvalue weighted by molar-refractivity contribution is 6.30. The van der Waals surface area contributed by atoms with Crippen LogP contribution in [0, 0.1) is 11.7 Å². The number of amides is 1. The van der Waals surface area contributed by atoms with Crippen molar-refractivity contribution in [3.05, 3.63) is 83.2 Å². The van der Waals surface area contributed by atoms with E-state index in [1.54, 1.807) is 42.2 Å². The zero-order valence-electron chi connectivity index (χ0n) is 20.7. The average molecular weight is 540 g/mol. The van der Waals surface area contributed by atoms with Gasteiger partial charge in [-0.05, 0) is 55.5 Å². The second-order valence-corrected chi connectivity index (χ2v) is 9.14. The molecular formula is C26H27ClFN7O3. The molecule has 0 radical (unpaired) electrons. The monoisotopic (exact) mass is 539 g/mol. The molecule has 0 saturated heterocycles. The van der Waals surface area contributed by atoms with Gasteiger partial charge in [0, 0.05) is 29.4 Å². The van der Waals surface area contributed by atoms with Gasteiger partial charge in [-0.3, -0.25) is 19.4 Å². The first-order valence-electron chi connectivity index (χ1n) is 12.1. The molecule has 0 aliphatic carbocycles. The number of aryl methyl sites for hydroxylation is 1. The largest absolute Gasteiger partial charge is 0.466 e. The van der Waals surface area contributed by atoms with Crippen LogP contribution < -0.4 is 5.32 Å². The van der Waals surface area contributed by atoms with Crippen LogP contribution in [0.15, 0.2) is 61.1 Å². The number of hydrogen-bond donors (Lipinski definition) is 2. The average Bonchev–Trinajstić information content (AvgIpc) is 3.63. The third-order valence-corrected chi connectivity index (χ3v) is 6.27. The van der Waals surface area contributed by atoms with Crippen LogP contribution in [0.4, 0.5) is 4.39 Å². The van der Waals surface area contributed by atoms with E-state index in [1.165, 1.54) is 18.3 Å². The fourth-order valence-electron chi connectivity index (χ4n) is 4.16. The number of nitrogens with one attached hydrogen (secondary N) is 2. The summed E-state index contributed by atoms with van der Waals surface area (Å²) in [4.78, 5) is 25.6. The van der Waals surface area contributed by atoms with E-state index in [4.69, 9.17) is 16.3 Å². The van der Waals surface area contributed by atoms with Gasteiger partial charge in [-0.25, -0.2) is 4.39 Å². The van der Waals surface area contributed by atoms with Gasteiger partial charge in [0.25, 0.3) is 5.91 Å². The maximum absolute atomic E-state index is 14.3. The Labute approximate surface area is 223 Å². The number of carbonyl (C=O) groups is 2. The summed E-state index contributed by atoms with van der Waals surface area (Å²) >= 11 is 6.05. The first-order chi connectivity index (χ1) is 18.4. The molecule has 0 aliphatic heterocycles. The van der Waals surface area contributed by atoms with Gasteiger partial charge in [-0.1, -0.05) is 46.3 Å². The van der Waals surface area contributed by atoms with E-state index >= 15 is 0 Å².